The molecule has 0 aromatic heterocycles. The fourth-order valence-electron chi connectivity index (χ4n) is 2.49. The Hall–Kier alpha value is -0.570. The summed E-state index contributed by atoms with van der Waals surface area (Å²) in [6.07, 6.45) is 4.06. The third kappa shape index (κ3) is 0.891. The van der Waals surface area contributed by atoms with Gasteiger partial charge in [0.2, 0.25) is 0 Å². The smallest absolute Gasteiger partial charge is 0.314 e. The monoisotopic (exact) mass is 170 g/mol. The number of carbonyl (C=O) groups is 1. The molecule has 0 aromatic carbocycles. The highest BCUT2D eigenvalue weighted by Crippen LogP contribution is 2.48. The molecule has 3 nitrogen and oxygen atoms in total. The molecule has 0 unspecified atom stereocenters. The molecule has 0 amide bonds. The van der Waals surface area contributed by atoms with Gasteiger partial charge in [0.1, 0.15) is 0 Å². The molecule has 1 aliphatic carbocycles. The Kier molecular flexibility index (Phi) is 1.83. The first-order valence-corrected chi connectivity index (χ1v) is 4.49. The van der Waals surface area contributed by atoms with Gasteiger partial charge in [-0.15, -0.1) is 0 Å². The van der Waals surface area contributed by atoms with E-state index in [0.29, 0.717) is 0 Å². The van der Waals surface area contributed by atoms with Crippen molar-refractivity contribution in [1.29, 1.82) is 0 Å². The topological polar surface area (TPSA) is 35.5 Å². The first-order chi connectivity index (χ1) is 5.79. The van der Waals surface area contributed by atoms with Crippen molar-refractivity contribution >= 4 is 5.97 Å². The van der Waals surface area contributed by atoms with Gasteiger partial charge in [-0.2, -0.15) is 0 Å². The number of methoxy groups -OCH3 is 1. The van der Waals surface area contributed by atoms with Crippen molar-refractivity contribution in [3.8, 4) is 0 Å². The van der Waals surface area contributed by atoms with E-state index in [-0.39, 0.29) is 17.5 Å². The zero-order chi connectivity index (χ0) is 8.60. The number of rotatable bonds is 1. The van der Waals surface area contributed by atoms with Crippen LogP contribution in [0.3, 0.4) is 0 Å². The zero-order valence-corrected chi connectivity index (χ0v) is 7.34. The van der Waals surface area contributed by atoms with Crippen LogP contribution in [0.1, 0.15) is 25.7 Å². The third-order valence-corrected chi connectivity index (χ3v) is 3.16. The summed E-state index contributed by atoms with van der Waals surface area (Å²) in [7, 11) is 1.46. The van der Waals surface area contributed by atoms with E-state index in [9.17, 15) is 4.79 Å². The standard InChI is InChI=1S/C9H14O3/c1-11-8(10)9-4-2-3-7(9)12-6-5-9/h7H,2-6H2,1H3/t7-,9+/m0/s1. The van der Waals surface area contributed by atoms with Crippen LogP contribution in [0.5, 0.6) is 0 Å². The minimum absolute atomic E-state index is 0.0671. The number of carbonyl (C=O) groups excluding carboxylic acids is 1. The number of hydrogen-bond acceptors (Lipinski definition) is 3. The van der Waals surface area contributed by atoms with E-state index in [1.807, 2.05) is 0 Å². The van der Waals surface area contributed by atoms with Gasteiger partial charge < -0.3 is 9.47 Å². The van der Waals surface area contributed by atoms with E-state index in [4.69, 9.17) is 9.47 Å². The van der Waals surface area contributed by atoms with Crippen molar-refractivity contribution in [3.63, 3.8) is 0 Å². The highest BCUT2D eigenvalue weighted by molar-refractivity contribution is 5.78. The van der Waals surface area contributed by atoms with Crippen molar-refractivity contribution in [2.24, 2.45) is 5.41 Å². The predicted molar refractivity (Wildman–Crippen MR) is 42.7 cm³/mol. The summed E-state index contributed by atoms with van der Waals surface area (Å²) in [4.78, 5) is 11.5. The van der Waals surface area contributed by atoms with E-state index in [2.05, 4.69) is 0 Å². The average Bonchev–Trinajstić information content (AvgIpc) is 2.60. The Morgan fingerprint density at radius 3 is 3.17 bits per heavy atom. The van der Waals surface area contributed by atoms with Crippen LogP contribution in [-0.4, -0.2) is 25.8 Å². The Labute approximate surface area is 72.0 Å². The molecule has 1 aliphatic heterocycles. The summed E-state index contributed by atoms with van der Waals surface area (Å²) >= 11 is 0. The highest BCUT2D eigenvalue weighted by atomic mass is 16.5. The number of ether oxygens (including phenoxy) is 2. The molecule has 0 bridgehead atoms. The van der Waals surface area contributed by atoms with Crippen LogP contribution in [0.15, 0.2) is 0 Å². The van der Waals surface area contributed by atoms with Gasteiger partial charge in [-0.3, -0.25) is 4.79 Å². The summed E-state index contributed by atoms with van der Waals surface area (Å²) in [5, 5.41) is 0. The highest BCUT2D eigenvalue weighted by Gasteiger charge is 2.53. The largest absolute Gasteiger partial charge is 0.469 e. The van der Waals surface area contributed by atoms with Crippen molar-refractivity contribution in [2.45, 2.75) is 31.8 Å². The molecule has 0 radical (unpaired) electrons. The van der Waals surface area contributed by atoms with Gasteiger partial charge >= 0.3 is 5.97 Å². The molecule has 68 valence electrons. The molecule has 0 N–H and O–H groups in total. The van der Waals surface area contributed by atoms with Crippen LogP contribution < -0.4 is 0 Å². The molecular formula is C9H14O3. The molecule has 0 aromatic rings. The normalized spacial score (nSPS) is 39.6. The summed E-state index contributed by atoms with van der Waals surface area (Å²) in [6, 6.07) is 0. The molecule has 2 rings (SSSR count). The summed E-state index contributed by atoms with van der Waals surface area (Å²) in [6.45, 7) is 0.722. The van der Waals surface area contributed by atoms with E-state index in [0.717, 1.165) is 32.3 Å². The van der Waals surface area contributed by atoms with Gasteiger partial charge in [0, 0.05) is 6.61 Å². The number of esters is 1. The fourth-order valence-corrected chi connectivity index (χ4v) is 2.49. The van der Waals surface area contributed by atoms with Crippen molar-refractivity contribution in [1.82, 2.24) is 0 Å². The Balaban J connectivity index is 2.21. The second-order valence-electron chi connectivity index (χ2n) is 3.65. The Bertz CT molecular complexity index is 190. The Morgan fingerprint density at radius 2 is 2.42 bits per heavy atom. The maximum atomic E-state index is 11.5. The van der Waals surface area contributed by atoms with Gasteiger partial charge in [-0.1, -0.05) is 0 Å². The zero-order valence-electron chi connectivity index (χ0n) is 7.34. The molecule has 3 heteroatoms. The lowest BCUT2D eigenvalue weighted by Crippen LogP contribution is -2.35. The van der Waals surface area contributed by atoms with Crippen LogP contribution in [0.2, 0.25) is 0 Å². The molecule has 2 atom stereocenters. The molecule has 2 fully saturated rings. The van der Waals surface area contributed by atoms with Gasteiger partial charge in [0.05, 0.1) is 18.6 Å². The van der Waals surface area contributed by atoms with Gasteiger partial charge in [-0.25, -0.2) is 0 Å². The fraction of sp³-hybridized carbons (Fsp3) is 0.889. The first-order valence-electron chi connectivity index (χ1n) is 4.49. The second-order valence-corrected chi connectivity index (χ2v) is 3.65. The van der Waals surface area contributed by atoms with Crippen molar-refractivity contribution in [2.75, 3.05) is 13.7 Å². The minimum Gasteiger partial charge on any atom is -0.469 e. The van der Waals surface area contributed by atoms with E-state index in [1.54, 1.807) is 0 Å². The van der Waals surface area contributed by atoms with E-state index < -0.39 is 0 Å². The third-order valence-electron chi connectivity index (χ3n) is 3.16. The summed E-state index contributed by atoms with van der Waals surface area (Å²) in [5.74, 6) is -0.0671. The van der Waals surface area contributed by atoms with Crippen LogP contribution in [0.4, 0.5) is 0 Å². The van der Waals surface area contributed by atoms with E-state index >= 15 is 0 Å². The first kappa shape index (κ1) is 8.05. The van der Waals surface area contributed by atoms with Gasteiger partial charge in [0.25, 0.3) is 0 Å². The molecule has 0 spiro atoms. The van der Waals surface area contributed by atoms with Crippen molar-refractivity contribution in [3.05, 3.63) is 0 Å². The van der Waals surface area contributed by atoms with Gasteiger partial charge in [0.15, 0.2) is 0 Å². The van der Waals surface area contributed by atoms with E-state index in [1.165, 1.54) is 7.11 Å². The lowest BCUT2D eigenvalue weighted by molar-refractivity contribution is -0.154. The summed E-state index contributed by atoms with van der Waals surface area (Å²) < 4.78 is 10.3. The second kappa shape index (κ2) is 2.73. The van der Waals surface area contributed by atoms with Crippen LogP contribution in [0.25, 0.3) is 0 Å². The SMILES string of the molecule is COC(=O)[C@@]12CCC[C@@H]1OCC2. The van der Waals surface area contributed by atoms with Crippen LogP contribution in [0, 0.1) is 5.41 Å². The lowest BCUT2D eigenvalue weighted by Gasteiger charge is -2.23. The maximum absolute atomic E-state index is 11.5. The molecule has 12 heavy (non-hydrogen) atoms. The molecule has 2 aliphatic rings. The number of fused-ring (bicyclic) bond motifs is 1. The van der Waals surface area contributed by atoms with Crippen molar-refractivity contribution < 1.29 is 14.3 Å². The molecule has 1 saturated heterocycles. The maximum Gasteiger partial charge on any atom is 0.314 e. The van der Waals surface area contributed by atoms with Gasteiger partial charge in [-0.05, 0) is 25.7 Å². The minimum atomic E-state index is -0.269. The molecule has 1 heterocycles. The predicted octanol–water partition coefficient (Wildman–Crippen LogP) is 1.12. The number of hydrogen-bond donors (Lipinski definition) is 0. The Morgan fingerprint density at radius 1 is 1.58 bits per heavy atom. The van der Waals surface area contributed by atoms with Crippen LogP contribution >= 0.6 is 0 Å². The molecule has 1 saturated carbocycles. The average molecular weight is 170 g/mol. The quantitative estimate of drug-likeness (QED) is 0.553. The van der Waals surface area contributed by atoms with Crippen LogP contribution in [-0.2, 0) is 14.3 Å². The lowest BCUT2D eigenvalue weighted by atomic mass is 9.83. The molecular weight excluding hydrogens is 156 g/mol. The summed E-state index contributed by atoms with van der Waals surface area (Å²) in [5.41, 5.74) is -0.269.